The number of likely N-dealkylation sites (N-methyl/N-ethyl adjacent to an activating group) is 1. The predicted molar refractivity (Wildman–Crippen MR) is 154 cm³/mol. The molecule has 0 aliphatic carbocycles. The lowest BCUT2D eigenvalue weighted by molar-refractivity contribution is -0.134. The number of hydrogen-bond acceptors (Lipinski definition) is 8. The highest BCUT2D eigenvalue weighted by Crippen LogP contribution is 2.18. The number of nitrogens with one attached hydrogen (secondary N) is 5. The number of rotatable bonds is 9. The number of benzene rings is 1. The van der Waals surface area contributed by atoms with Gasteiger partial charge in [0.05, 0.1) is 24.9 Å². The number of carbonyl (C=O) groups excluding carboxylic acids is 6. The number of amides is 6. The molecule has 3 atom stereocenters. The molecular weight excluding hydrogens is 546 g/mol. The second-order valence-corrected chi connectivity index (χ2v) is 10.2. The molecule has 14 nitrogen and oxygen atoms in total. The van der Waals surface area contributed by atoms with Crippen molar-refractivity contribution in [2.24, 2.45) is 11.7 Å². The molecular formula is C28H43N7O7. The number of primary amides is 1. The fourth-order valence-electron chi connectivity index (χ4n) is 4.31. The summed E-state index contributed by atoms with van der Waals surface area (Å²) in [4.78, 5) is 79.3. The molecule has 0 unspecified atom stereocenters. The average Bonchev–Trinajstić information content (AvgIpc) is 2.94. The van der Waals surface area contributed by atoms with Gasteiger partial charge in [-0.2, -0.15) is 0 Å². The van der Waals surface area contributed by atoms with E-state index < -0.39 is 66.4 Å². The van der Waals surface area contributed by atoms with Crippen molar-refractivity contribution in [1.29, 1.82) is 0 Å². The maximum absolute atomic E-state index is 13.3. The zero-order valence-electron chi connectivity index (χ0n) is 24.7. The zero-order valence-corrected chi connectivity index (χ0v) is 24.7. The first kappa shape index (κ1) is 34.0. The van der Waals surface area contributed by atoms with Gasteiger partial charge in [0.25, 0.3) is 5.91 Å². The van der Waals surface area contributed by atoms with Crippen LogP contribution in [0.3, 0.4) is 0 Å². The maximum Gasteiger partial charge on any atom is 0.255 e. The Morgan fingerprint density at radius 1 is 1.05 bits per heavy atom. The van der Waals surface area contributed by atoms with Crippen LogP contribution in [0.5, 0.6) is 5.75 Å². The number of ether oxygens (including phenoxy) is 1. The van der Waals surface area contributed by atoms with E-state index in [1.807, 2.05) is 13.8 Å². The average molecular weight is 590 g/mol. The van der Waals surface area contributed by atoms with Gasteiger partial charge in [0.15, 0.2) is 0 Å². The van der Waals surface area contributed by atoms with Gasteiger partial charge in [-0.15, -0.1) is 0 Å². The van der Waals surface area contributed by atoms with Crippen molar-refractivity contribution in [2.75, 3.05) is 39.3 Å². The third-order valence-corrected chi connectivity index (χ3v) is 6.73. The van der Waals surface area contributed by atoms with E-state index >= 15 is 0 Å². The summed E-state index contributed by atoms with van der Waals surface area (Å²) in [5.41, 5.74) is 5.45. The highest BCUT2D eigenvalue weighted by atomic mass is 16.5. The number of carbonyl (C=O) groups is 6. The van der Waals surface area contributed by atoms with Crippen molar-refractivity contribution in [2.45, 2.75) is 58.7 Å². The van der Waals surface area contributed by atoms with Crippen LogP contribution in [0.2, 0.25) is 0 Å². The lowest BCUT2D eigenvalue weighted by atomic mass is 10.0. The molecule has 0 radical (unpaired) electrons. The van der Waals surface area contributed by atoms with Gasteiger partial charge in [0.1, 0.15) is 30.5 Å². The summed E-state index contributed by atoms with van der Waals surface area (Å²) in [6.07, 6.45) is -1.08. The molecule has 0 saturated heterocycles. The minimum atomic E-state index is -1.41. The molecule has 0 bridgehead atoms. The van der Waals surface area contributed by atoms with Gasteiger partial charge in [-0.25, -0.2) is 0 Å². The van der Waals surface area contributed by atoms with Gasteiger partial charge in [0, 0.05) is 13.1 Å². The van der Waals surface area contributed by atoms with Crippen molar-refractivity contribution < 1.29 is 33.5 Å². The highest BCUT2D eigenvalue weighted by molar-refractivity contribution is 6.01. The third-order valence-electron chi connectivity index (χ3n) is 6.73. The minimum Gasteiger partial charge on any atom is -0.491 e. The van der Waals surface area contributed by atoms with E-state index in [4.69, 9.17) is 10.5 Å². The van der Waals surface area contributed by atoms with Crippen LogP contribution in [0.1, 0.15) is 50.9 Å². The Labute approximate surface area is 245 Å². The summed E-state index contributed by atoms with van der Waals surface area (Å²) in [5, 5.41) is 13.0. The monoisotopic (exact) mass is 589 g/mol. The second kappa shape index (κ2) is 16.9. The smallest absolute Gasteiger partial charge is 0.255 e. The van der Waals surface area contributed by atoms with Gasteiger partial charge in [-0.05, 0) is 31.1 Å². The molecule has 7 N–H and O–H groups in total. The van der Waals surface area contributed by atoms with Crippen molar-refractivity contribution >= 4 is 35.4 Å². The summed E-state index contributed by atoms with van der Waals surface area (Å²) in [5.74, 6) is -4.34. The van der Waals surface area contributed by atoms with E-state index in [1.165, 1.54) is 6.07 Å². The molecule has 42 heavy (non-hydrogen) atoms. The van der Waals surface area contributed by atoms with Crippen molar-refractivity contribution in [3.05, 3.63) is 29.8 Å². The molecule has 0 spiro atoms. The largest absolute Gasteiger partial charge is 0.491 e. The molecule has 0 fully saturated rings. The molecule has 1 aliphatic rings. The molecule has 2 rings (SSSR count). The maximum atomic E-state index is 13.3. The van der Waals surface area contributed by atoms with Crippen LogP contribution >= 0.6 is 0 Å². The molecule has 1 aliphatic heterocycles. The van der Waals surface area contributed by atoms with Crippen LogP contribution in [0, 0.1) is 5.92 Å². The topological polar surface area (TPSA) is 201 Å². The Morgan fingerprint density at radius 2 is 1.74 bits per heavy atom. The van der Waals surface area contributed by atoms with Crippen LogP contribution in [0.15, 0.2) is 24.3 Å². The first-order chi connectivity index (χ1) is 20.0. The number of nitrogens with zero attached hydrogens (tertiary/aromatic N) is 1. The van der Waals surface area contributed by atoms with Gasteiger partial charge in [-0.3, -0.25) is 28.8 Å². The molecule has 1 aromatic carbocycles. The second-order valence-electron chi connectivity index (χ2n) is 10.2. The third kappa shape index (κ3) is 10.7. The Hall–Kier alpha value is -4.20. The number of nitrogens with two attached hydrogens (primary N) is 1. The zero-order chi connectivity index (χ0) is 31.2. The van der Waals surface area contributed by atoms with E-state index in [0.717, 1.165) is 13.1 Å². The normalized spacial score (nSPS) is 20.8. The van der Waals surface area contributed by atoms with E-state index in [9.17, 15) is 28.8 Å². The molecule has 0 saturated carbocycles. The molecule has 1 aromatic rings. The molecule has 1 heterocycles. The number of para-hydroxylation sites is 1. The standard InChI is InChI=1S/C28H43N7O7/c1-5-35(6-2)13-11-30-26(39)20-16-23(37)32-19(15-22(29)36)27(40)34-24(17(3)4)28(41)31-12-14-42-21-10-8-7-9-18(21)25(38)33-20/h7-10,17,19-20,24H,5-6,11-16H2,1-4H3,(H2,29,36)(H,30,39)(H,31,41)(H,32,37)(H,33,38)(H,34,40)/t19-,20-,24+/m0/s1. The van der Waals surface area contributed by atoms with Crippen LogP contribution in [-0.2, 0) is 24.0 Å². The lowest BCUT2D eigenvalue weighted by Gasteiger charge is -2.25. The van der Waals surface area contributed by atoms with Crippen LogP contribution in [0.25, 0.3) is 0 Å². The Balaban J connectivity index is 2.39. The van der Waals surface area contributed by atoms with E-state index in [0.29, 0.717) is 6.54 Å². The SMILES string of the molecule is CCN(CC)CCNC(=O)[C@@H]1CC(=O)N[C@@H](CC(N)=O)C(=O)N[C@H](C(C)C)C(=O)NCCOc2ccccc2C(=O)N1. The fourth-order valence-corrected chi connectivity index (χ4v) is 4.31. The number of hydrogen-bond donors (Lipinski definition) is 6. The van der Waals surface area contributed by atoms with Crippen LogP contribution < -0.4 is 37.1 Å². The number of fused-ring (bicyclic) bond motifs is 1. The molecule has 0 aromatic heterocycles. The van der Waals surface area contributed by atoms with Crippen molar-refractivity contribution in [1.82, 2.24) is 31.5 Å². The lowest BCUT2D eigenvalue weighted by Crippen LogP contribution is -2.57. The fraction of sp³-hybridized carbons (Fsp3) is 0.571. The first-order valence-electron chi connectivity index (χ1n) is 14.1. The van der Waals surface area contributed by atoms with E-state index in [2.05, 4.69) is 31.5 Å². The van der Waals surface area contributed by atoms with E-state index in [1.54, 1.807) is 32.0 Å². The molecule has 14 heteroatoms. The quantitative estimate of drug-likeness (QED) is 0.203. The summed E-state index contributed by atoms with van der Waals surface area (Å²) < 4.78 is 5.74. The van der Waals surface area contributed by atoms with E-state index in [-0.39, 0.29) is 36.9 Å². The summed E-state index contributed by atoms with van der Waals surface area (Å²) in [6.45, 7) is 9.92. The first-order valence-corrected chi connectivity index (χ1v) is 14.1. The predicted octanol–water partition coefficient (Wildman–Crippen LogP) is -1.36. The van der Waals surface area contributed by atoms with Gasteiger partial charge in [0.2, 0.25) is 29.5 Å². The van der Waals surface area contributed by atoms with Gasteiger partial charge < -0.3 is 42.0 Å². The van der Waals surface area contributed by atoms with Crippen LogP contribution in [0.4, 0.5) is 0 Å². The highest BCUT2D eigenvalue weighted by Gasteiger charge is 2.32. The minimum absolute atomic E-state index is 0.00834. The van der Waals surface area contributed by atoms with Gasteiger partial charge >= 0.3 is 0 Å². The summed E-state index contributed by atoms with van der Waals surface area (Å²) in [6, 6.07) is 2.65. The molecule has 232 valence electrons. The Bertz CT molecular complexity index is 1120. The Morgan fingerprint density at radius 3 is 2.38 bits per heavy atom. The summed E-state index contributed by atoms with van der Waals surface area (Å²) >= 11 is 0. The van der Waals surface area contributed by atoms with Crippen LogP contribution in [-0.4, -0.2) is 97.8 Å². The van der Waals surface area contributed by atoms with Gasteiger partial charge in [-0.1, -0.05) is 39.8 Å². The van der Waals surface area contributed by atoms with Crippen molar-refractivity contribution in [3.8, 4) is 5.75 Å². The molecule has 6 amide bonds. The van der Waals surface area contributed by atoms with Crippen molar-refractivity contribution in [3.63, 3.8) is 0 Å². The Kier molecular flexibility index (Phi) is 13.7. The summed E-state index contributed by atoms with van der Waals surface area (Å²) in [7, 11) is 0.